The predicted octanol–water partition coefficient (Wildman–Crippen LogP) is 4.02. The molecule has 2 aromatic rings. The molecule has 0 unspecified atom stereocenters. The average Bonchev–Trinajstić information content (AvgIpc) is 3.21. The summed E-state index contributed by atoms with van der Waals surface area (Å²) in [5.41, 5.74) is 2.91. The van der Waals surface area contributed by atoms with E-state index >= 15 is 0 Å². The monoisotopic (exact) mass is 300 g/mol. The van der Waals surface area contributed by atoms with Crippen LogP contribution < -0.4 is 5.32 Å². The molecule has 1 fully saturated rings. The van der Waals surface area contributed by atoms with E-state index in [1.54, 1.807) is 0 Å². The van der Waals surface area contributed by atoms with Crippen molar-refractivity contribution in [2.45, 2.75) is 45.4 Å². The van der Waals surface area contributed by atoms with E-state index < -0.39 is 0 Å². The maximum Gasteiger partial charge on any atom is 0.0331 e. The van der Waals surface area contributed by atoms with E-state index in [9.17, 15) is 0 Å². The quantitative estimate of drug-likeness (QED) is 0.792. The second-order valence-electron chi connectivity index (χ2n) is 5.81. The van der Waals surface area contributed by atoms with Crippen LogP contribution in [0.25, 0.3) is 0 Å². The van der Waals surface area contributed by atoms with Crippen molar-refractivity contribution >= 4 is 11.3 Å². The molecule has 0 radical (unpaired) electrons. The lowest BCUT2D eigenvalue weighted by Crippen LogP contribution is -2.24. The fraction of sp³-hybridized carbons (Fsp3) is 0.444. The summed E-state index contributed by atoms with van der Waals surface area (Å²) in [4.78, 5) is 3.97. The lowest BCUT2D eigenvalue weighted by Gasteiger charge is -2.21. The Balaban J connectivity index is 1.63. The summed E-state index contributed by atoms with van der Waals surface area (Å²) < 4.78 is 0. The highest BCUT2D eigenvalue weighted by molar-refractivity contribution is 7.09. The van der Waals surface area contributed by atoms with Gasteiger partial charge in [-0.05, 0) is 42.0 Å². The lowest BCUT2D eigenvalue weighted by molar-refractivity contribution is 0.273. The molecule has 0 aliphatic heterocycles. The van der Waals surface area contributed by atoms with E-state index in [4.69, 9.17) is 0 Å². The Kier molecular flexibility index (Phi) is 5.07. The molecule has 1 saturated carbocycles. The molecule has 3 rings (SSSR count). The van der Waals surface area contributed by atoms with Gasteiger partial charge in [0.15, 0.2) is 0 Å². The topological polar surface area (TPSA) is 15.3 Å². The van der Waals surface area contributed by atoms with Gasteiger partial charge in [-0.1, -0.05) is 37.3 Å². The smallest absolute Gasteiger partial charge is 0.0331 e. The summed E-state index contributed by atoms with van der Waals surface area (Å²) in [6, 6.07) is 14.0. The van der Waals surface area contributed by atoms with Crippen LogP contribution in [0.3, 0.4) is 0 Å². The van der Waals surface area contributed by atoms with E-state index in [-0.39, 0.29) is 0 Å². The van der Waals surface area contributed by atoms with Gasteiger partial charge in [-0.15, -0.1) is 11.3 Å². The predicted molar refractivity (Wildman–Crippen MR) is 90.4 cm³/mol. The molecule has 3 heteroatoms. The molecule has 1 aromatic carbocycles. The Labute approximate surface area is 131 Å². The van der Waals surface area contributed by atoms with Gasteiger partial charge in [0.25, 0.3) is 0 Å². The molecule has 1 aliphatic carbocycles. The standard InChI is InChI=1S/C18H24N2S/c1-2-20(14-18-8-5-11-21-18)13-16-7-4-3-6-15(16)12-19-17-9-10-17/h3-8,11,17,19H,2,9-10,12-14H2,1H3. The second kappa shape index (κ2) is 7.21. The first-order chi connectivity index (χ1) is 10.3. The SMILES string of the molecule is CCN(Cc1cccs1)Cc1ccccc1CNC1CC1. The number of nitrogens with zero attached hydrogens (tertiary/aromatic N) is 1. The fourth-order valence-corrected chi connectivity index (χ4v) is 3.32. The van der Waals surface area contributed by atoms with Crippen LogP contribution in [0.1, 0.15) is 35.8 Å². The van der Waals surface area contributed by atoms with Gasteiger partial charge in [-0.25, -0.2) is 0 Å². The van der Waals surface area contributed by atoms with Gasteiger partial charge in [-0.3, -0.25) is 4.90 Å². The van der Waals surface area contributed by atoms with Crippen LogP contribution in [0.2, 0.25) is 0 Å². The molecule has 1 aliphatic rings. The second-order valence-corrected chi connectivity index (χ2v) is 6.84. The van der Waals surface area contributed by atoms with Crippen molar-refractivity contribution in [3.8, 4) is 0 Å². The lowest BCUT2D eigenvalue weighted by atomic mass is 10.1. The van der Waals surface area contributed by atoms with E-state index in [2.05, 4.69) is 58.9 Å². The van der Waals surface area contributed by atoms with Gasteiger partial charge in [0, 0.05) is 30.6 Å². The highest BCUT2D eigenvalue weighted by Gasteiger charge is 2.20. The Bertz CT molecular complexity index is 546. The van der Waals surface area contributed by atoms with Crippen LogP contribution in [0.5, 0.6) is 0 Å². The summed E-state index contributed by atoms with van der Waals surface area (Å²) >= 11 is 1.85. The van der Waals surface area contributed by atoms with Crippen LogP contribution in [-0.2, 0) is 19.6 Å². The molecule has 0 saturated heterocycles. The number of nitrogens with one attached hydrogen (secondary N) is 1. The zero-order valence-corrected chi connectivity index (χ0v) is 13.5. The highest BCUT2D eigenvalue weighted by Crippen LogP contribution is 2.21. The first kappa shape index (κ1) is 14.8. The van der Waals surface area contributed by atoms with Gasteiger partial charge in [0.1, 0.15) is 0 Å². The van der Waals surface area contributed by atoms with Crippen molar-refractivity contribution in [2.75, 3.05) is 6.54 Å². The number of rotatable bonds is 8. The fourth-order valence-electron chi connectivity index (χ4n) is 2.57. The minimum atomic E-state index is 0.770. The highest BCUT2D eigenvalue weighted by atomic mass is 32.1. The summed E-state index contributed by atoms with van der Waals surface area (Å²) in [6.07, 6.45) is 2.70. The Morgan fingerprint density at radius 2 is 1.90 bits per heavy atom. The molecule has 2 nitrogen and oxygen atoms in total. The number of thiophene rings is 1. The zero-order valence-electron chi connectivity index (χ0n) is 12.7. The van der Waals surface area contributed by atoms with E-state index in [1.165, 1.54) is 28.8 Å². The van der Waals surface area contributed by atoms with Gasteiger partial charge in [-0.2, -0.15) is 0 Å². The average molecular weight is 300 g/mol. The molecular formula is C18H24N2S. The van der Waals surface area contributed by atoms with Crippen molar-refractivity contribution in [3.05, 3.63) is 57.8 Å². The van der Waals surface area contributed by atoms with Gasteiger partial charge >= 0.3 is 0 Å². The van der Waals surface area contributed by atoms with Crippen molar-refractivity contribution in [1.29, 1.82) is 0 Å². The largest absolute Gasteiger partial charge is 0.310 e. The van der Waals surface area contributed by atoms with E-state index in [0.717, 1.165) is 32.2 Å². The maximum atomic E-state index is 3.63. The summed E-state index contributed by atoms with van der Waals surface area (Å²) in [5, 5.41) is 5.80. The van der Waals surface area contributed by atoms with Crippen LogP contribution in [-0.4, -0.2) is 17.5 Å². The Hall–Kier alpha value is -1.16. The first-order valence-electron chi connectivity index (χ1n) is 7.90. The van der Waals surface area contributed by atoms with Crippen molar-refractivity contribution in [3.63, 3.8) is 0 Å². The van der Waals surface area contributed by atoms with Gasteiger partial charge < -0.3 is 5.32 Å². The van der Waals surface area contributed by atoms with E-state index in [0.29, 0.717) is 0 Å². The third-order valence-electron chi connectivity index (χ3n) is 4.08. The summed E-state index contributed by atoms with van der Waals surface area (Å²) in [5.74, 6) is 0. The Morgan fingerprint density at radius 1 is 1.10 bits per heavy atom. The third-order valence-corrected chi connectivity index (χ3v) is 4.94. The van der Waals surface area contributed by atoms with E-state index in [1.807, 2.05) is 11.3 Å². The van der Waals surface area contributed by atoms with Gasteiger partial charge in [0.05, 0.1) is 0 Å². The molecule has 0 amide bonds. The normalized spacial score (nSPS) is 14.8. The van der Waals surface area contributed by atoms with Crippen molar-refractivity contribution in [1.82, 2.24) is 10.2 Å². The molecule has 21 heavy (non-hydrogen) atoms. The van der Waals surface area contributed by atoms with Crippen LogP contribution in [0, 0.1) is 0 Å². The third kappa shape index (κ3) is 4.40. The summed E-state index contributed by atoms with van der Waals surface area (Å²) in [6.45, 7) is 6.44. The number of hydrogen-bond donors (Lipinski definition) is 1. The molecule has 112 valence electrons. The molecule has 1 aromatic heterocycles. The molecule has 0 atom stereocenters. The number of benzene rings is 1. The zero-order chi connectivity index (χ0) is 14.5. The van der Waals surface area contributed by atoms with Crippen LogP contribution in [0.15, 0.2) is 41.8 Å². The minimum absolute atomic E-state index is 0.770. The van der Waals surface area contributed by atoms with Crippen LogP contribution in [0.4, 0.5) is 0 Å². The Morgan fingerprint density at radius 3 is 2.57 bits per heavy atom. The molecule has 1 heterocycles. The minimum Gasteiger partial charge on any atom is -0.310 e. The van der Waals surface area contributed by atoms with Crippen molar-refractivity contribution < 1.29 is 0 Å². The molecule has 1 N–H and O–H groups in total. The molecule has 0 spiro atoms. The maximum absolute atomic E-state index is 3.63. The first-order valence-corrected chi connectivity index (χ1v) is 8.78. The molecular weight excluding hydrogens is 276 g/mol. The summed E-state index contributed by atoms with van der Waals surface area (Å²) in [7, 11) is 0. The molecule has 0 bridgehead atoms. The van der Waals surface area contributed by atoms with Gasteiger partial charge in [0.2, 0.25) is 0 Å². The van der Waals surface area contributed by atoms with Crippen molar-refractivity contribution in [2.24, 2.45) is 0 Å². The van der Waals surface area contributed by atoms with Crippen LogP contribution >= 0.6 is 11.3 Å². The number of hydrogen-bond acceptors (Lipinski definition) is 3.